The summed E-state index contributed by atoms with van der Waals surface area (Å²) in [6.45, 7) is 2.83. The fourth-order valence-corrected chi connectivity index (χ4v) is 0.840. The molecule has 0 saturated carbocycles. The quantitative estimate of drug-likeness (QED) is 0.480. The van der Waals surface area contributed by atoms with Gasteiger partial charge in [-0.3, -0.25) is 9.80 Å². The fourth-order valence-electron chi connectivity index (χ4n) is 0.840. The van der Waals surface area contributed by atoms with Crippen molar-refractivity contribution < 1.29 is 0 Å². The summed E-state index contributed by atoms with van der Waals surface area (Å²) in [5.41, 5.74) is 5.31. The summed E-state index contributed by atoms with van der Waals surface area (Å²) in [4.78, 5) is 4.07. The molecule has 0 unspecified atom stereocenters. The van der Waals surface area contributed by atoms with Crippen LogP contribution >= 0.6 is 0 Å². The molecule has 50 valence electrons. The molecule has 0 bridgehead atoms. The molecule has 1 heterocycles. The van der Waals surface area contributed by atoms with Gasteiger partial charge in [-0.05, 0) is 0 Å². The van der Waals surface area contributed by atoms with Crippen molar-refractivity contribution in [2.24, 2.45) is 5.73 Å². The number of nitrogens with two attached hydrogens (primary N) is 1. The molecule has 1 fully saturated rings. The largest absolute Gasteiger partial charge is 0.318 e. The van der Waals surface area contributed by atoms with Gasteiger partial charge < -0.3 is 5.73 Å². The monoisotopic (exact) mass is 126 g/mol. The second-order valence-electron chi connectivity index (χ2n) is 2.12. The predicted molar refractivity (Wildman–Crippen MR) is 32.9 cm³/mol. The summed E-state index contributed by atoms with van der Waals surface area (Å²) < 4.78 is 0. The van der Waals surface area contributed by atoms with Gasteiger partial charge in [-0.15, -0.1) is 0 Å². The predicted octanol–water partition coefficient (Wildman–Crippen LogP) is -1.04. The molecule has 1 aliphatic rings. The second kappa shape index (κ2) is 2.78. The highest BCUT2D eigenvalue weighted by atomic mass is 15.5. The molecule has 0 spiro atoms. The highest BCUT2D eigenvalue weighted by molar-refractivity contribution is 4.80. The van der Waals surface area contributed by atoms with Gasteiger partial charge >= 0.3 is 0 Å². The van der Waals surface area contributed by atoms with E-state index < -0.39 is 0 Å². The van der Waals surface area contributed by atoms with Gasteiger partial charge in [0.1, 0.15) is 0 Å². The van der Waals surface area contributed by atoms with Crippen LogP contribution in [-0.4, -0.2) is 36.4 Å². The molecule has 4 heteroatoms. The molecule has 0 aromatic carbocycles. The van der Waals surface area contributed by atoms with Gasteiger partial charge in [-0.2, -0.15) is 5.26 Å². The Morgan fingerprint density at radius 3 is 2.56 bits per heavy atom. The van der Waals surface area contributed by atoms with Gasteiger partial charge in [0.15, 0.2) is 0 Å². The molecule has 2 N–H and O–H groups in total. The molecule has 0 radical (unpaired) electrons. The SMILES string of the molecule is N#CCN1CN(CN)C1. The van der Waals surface area contributed by atoms with Crippen LogP contribution in [0.15, 0.2) is 0 Å². The van der Waals surface area contributed by atoms with Gasteiger partial charge in [0.05, 0.1) is 26.0 Å². The van der Waals surface area contributed by atoms with Crippen LogP contribution in [0.25, 0.3) is 0 Å². The first-order valence-corrected chi connectivity index (χ1v) is 2.88. The lowest BCUT2D eigenvalue weighted by atomic mass is 10.5. The Balaban J connectivity index is 2.06. The number of rotatable bonds is 2. The van der Waals surface area contributed by atoms with Crippen molar-refractivity contribution in [1.82, 2.24) is 9.80 Å². The molecule has 1 aliphatic heterocycles. The van der Waals surface area contributed by atoms with Crippen molar-refractivity contribution in [2.45, 2.75) is 0 Å². The van der Waals surface area contributed by atoms with Gasteiger partial charge in [0.2, 0.25) is 0 Å². The minimum Gasteiger partial charge on any atom is -0.318 e. The lowest BCUT2D eigenvalue weighted by molar-refractivity contribution is -0.0173. The average Bonchev–Trinajstić information content (AvgIpc) is 1.77. The zero-order valence-electron chi connectivity index (χ0n) is 5.25. The summed E-state index contributed by atoms with van der Waals surface area (Å²) >= 11 is 0. The minimum atomic E-state index is 0.524. The van der Waals surface area contributed by atoms with Gasteiger partial charge in [-0.1, -0.05) is 0 Å². The van der Waals surface area contributed by atoms with E-state index in [0.717, 1.165) is 13.3 Å². The number of nitriles is 1. The van der Waals surface area contributed by atoms with Gasteiger partial charge in [0, 0.05) is 6.67 Å². The van der Waals surface area contributed by atoms with E-state index in [9.17, 15) is 0 Å². The summed E-state index contributed by atoms with van der Waals surface area (Å²) in [6.07, 6.45) is 0. The van der Waals surface area contributed by atoms with E-state index in [2.05, 4.69) is 11.0 Å². The molecule has 0 amide bonds. The van der Waals surface area contributed by atoms with Crippen LogP contribution in [-0.2, 0) is 0 Å². The topological polar surface area (TPSA) is 56.3 Å². The van der Waals surface area contributed by atoms with E-state index in [0.29, 0.717) is 13.2 Å². The first-order chi connectivity index (χ1) is 4.36. The van der Waals surface area contributed by atoms with Crippen LogP contribution in [0.5, 0.6) is 0 Å². The number of nitrogens with zero attached hydrogens (tertiary/aromatic N) is 3. The van der Waals surface area contributed by atoms with E-state index in [1.807, 2.05) is 4.90 Å². The first-order valence-electron chi connectivity index (χ1n) is 2.88. The van der Waals surface area contributed by atoms with E-state index in [4.69, 9.17) is 11.0 Å². The van der Waals surface area contributed by atoms with Crippen molar-refractivity contribution in [3.05, 3.63) is 0 Å². The number of hydrogen-bond acceptors (Lipinski definition) is 4. The summed E-state index contributed by atoms with van der Waals surface area (Å²) in [5, 5.41) is 8.22. The molecule has 0 aromatic rings. The van der Waals surface area contributed by atoms with Crippen LogP contribution in [0.1, 0.15) is 0 Å². The molecule has 1 rings (SSSR count). The zero-order valence-corrected chi connectivity index (χ0v) is 5.25. The second-order valence-corrected chi connectivity index (χ2v) is 2.12. The van der Waals surface area contributed by atoms with Crippen LogP contribution in [0.3, 0.4) is 0 Å². The maximum atomic E-state index is 8.22. The third-order valence-corrected chi connectivity index (χ3v) is 1.35. The summed E-state index contributed by atoms with van der Waals surface area (Å²) in [6, 6.07) is 2.07. The molecular weight excluding hydrogens is 116 g/mol. The van der Waals surface area contributed by atoms with E-state index in [1.165, 1.54) is 0 Å². The normalized spacial score (nSPS) is 20.9. The number of hydrogen-bond donors (Lipinski definition) is 1. The van der Waals surface area contributed by atoms with E-state index in [-0.39, 0.29) is 0 Å². The third-order valence-electron chi connectivity index (χ3n) is 1.35. The van der Waals surface area contributed by atoms with Crippen molar-refractivity contribution in [3.8, 4) is 6.07 Å². The van der Waals surface area contributed by atoms with Gasteiger partial charge in [-0.25, -0.2) is 0 Å². The highest BCUT2D eigenvalue weighted by Gasteiger charge is 2.20. The van der Waals surface area contributed by atoms with Crippen molar-refractivity contribution >= 4 is 0 Å². The Morgan fingerprint density at radius 1 is 1.44 bits per heavy atom. The lowest BCUT2D eigenvalue weighted by Crippen LogP contribution is -2.56. The molecule has 4 nitrogen and oxygen atoms in total. The Bertz CT molecular complexity index is 121. The van der Waals surface area contributed by atoms with E-state index in [1.54, 1.807) is 0 Å². The summed E-state index contributed by atoms with van der Waals surface area (Å²) in [7, 11) is 0. The molecular formula is C5H10N4. The molecule has 9 heavy (non-hydrogen) atoms. The van der Waals surface area contributed by atoms with E-state index >= 15 is 0 Å². The molecule has 0 aliphatic carbocycles. The lowest BCUT2D eigenvalue weighted by Gasteiger charge is -2.39. The Labute approximate surface area is 54.4 Å². The Morgan fingerprint density at radius 2 is 2.11 bits per heavy atom. The van der Waals surface area contributed by atoms with Gasteiger partial charge in [0.25, 0.3) is 0 Å². The maximum Gasteiger partial charge on any atom is 0.0886 e. The third kappa shape index (κ3) is 1.39. The Kier molecular flexibility index (Phi) is 2.01. The van der Waals surface area contributed by atoms with Crippen molar-refractivity contribution in [1.29, 1.82) is 5.26 Å². The first kappa shape index (κ1) is 6.49. The molecule has 0 aromatic heterocycles. The minimum absolute atomic E-state index is 0.524. The average molecular weight is 126 g/mol. The Hall–Kier alpha value is -0.630. The fraction of sp³-hybridized carbons (Fsp3) is 0.800. The standard InChI is InChI=1S/C5H10N4/c6-1-2-8-4-9(3-7)5-8/h2-5,7H2. The van der Waals surface area contributed by atoms with Crippen LogP contribution in [0.2, 0.25) is 0 Å². The molecule has 1 saturated heterocycles. The smallest absolute Gasteiger partial charge is 0.0886 e. The maximum absolute atomic E-state index is 8.22. The summed E-state index contributed by atoms with van der Waals surface area (Å²) in [5.74, 6) is 0. The van der Waals surface area contributed by atoms with Crippen molar-refractivity contribution in [3.63, 3.8) is 0 Å². The van der Waals surface area contributed by atoms with Crippen LogP contribution in [0.4, 0.5) is 0 Å². The zero-order chi connectivity index (χ0) is 6.69. The highest BCUT2D eigenvalue weighted by Crippen LogP contribution is 2.03. The van der Waals surface area contributed by atoms with Crippen LogP contribution < -0.4 is 5.73 Å². The molecule has 0 atom stereocenters. The van der Waals surface area contributed by atoms with Crippen LogP contribution in [0, 0.1) is 11.3 Å². The van der Waals surface area contributed by atoms with Crippen molar-refractivity contribution in [2.75, 3.05) is 26.6 Å².